The number of nitrogen functional groups attached to an aromatic ring is 1. The molecule has 0 amide bonds. The zero-order valence-corrected chi connectivity index (χ0v) is 12.7. The van der Waals surface area contributed by atoms with Crippen LogP contribution in [0.1, 0.15) is 5.56 Å². The van der Waals surface area contributed by atoms with E-state index in [4.69, 9.17) is 5.73 Å². The van der Waals surface area contributed by atoms with E-state index < -0.39 is 10.1 Å². The van der Waals surface area contributed by atoms with Crippen LogP contribution in [0.25, 0.3) is 21.9 Å². The van der Waals surface area contributed by atoms with Gasteiger partial charge in [-0.3, -0.25) is 0 Å². The monoisotopic (exact) mass is 312 g/mol. The van der Waals surface area contributed by atoms with Gasteiger partial charge in [-0.15, -0.1) is 0 Å². The van der Waals surface area contributed by atoms with Crippen molar-refractivity contribution in [2.45, 2.75) is 11.8 Å². The van der Waals surface area contributed by atoms with Crippen molar-refractivity contribution >= 4 is 26.6 Å². The number of anilines is 1. The zero-order chi connectivity index (χ0) is 15.9. The fourth-order valence-corrected chi connectivity index (χ4v) is 3.28. The van der Waals surface area contributed by atoms with Gasteiger partial charge in [0.2, 0.25) is 0 Å². The van der Waals surface area contributed by atoms with E-state index in [1.807, 2.05) is 37.3 Å². The van der Waals surface area contributed by atoms with Crippen molar-refractivity contribution in [1.82, 2.24) is 0 Å². The third-order valence-corrected chi connectivity index (χ3v) is 4.49. The molecule has 0 unspecified atom stereocenters. The normalized spacial score (nSPS) is 11.7. The second-order valence-electron chi connectivity index (χ2n) is 5.24. The molecule has 0 aromatic heterocycles. The maximum atomic E-state index is 11.6. The Morgan fingerprint density at radius 1 is 0.909 bits per heavy atom. The maximum absolute atomic E-state index is 11.6. The van der Waals surface area contributed by atoms with E-state index in [9.17, 15) is 13.0 Å². The van der Waals surface area contributed by atoms with Crippen LogP contribution in [-0.2, 0) is 14.7 Å². The molecular formula is C17H14NO3S. The Morgan fingerprint density at radius 2 is 1.68 bits per heavy atom. The Morgan fingerprint density at radius 3 is 2.41 bits per heavy atom. The molecule has 3 aromatic rings. The minimum atomic E-state index is -4.55. The largest absolute Gasteiger partial charge is 0.399 e. The van der Waals surface area contributed by atoms with Crippen LogP contribution in [0.15, 0.2) is 59.5 Å². The SMILES string of the molecule is Cc1ccc(S([O])(=O)=O)c(-c2cccc3cc(N)ccc23)c1. The lowest BCUT2D eigenvalue weighted by Gasteiger charge is -2.11. The van der Waals surface area contributed by atoms with Crippen molar-refractivity contribution in [3.63, 3.8) is 0 Å². The average molecular weight is 312 g/mol. The molecule has 2 N–H and O–H groups in total. The summed E-state index contributed by atoms with van der Waals surface area (Å²) < 4.78 is 34.7. The van der Waals surface area contributed by atoms with Gasteiger partial charge in [0.25, 0.3) is 0 Å². The molecule has 1 radical (unpaired) electrons. The first-order valence-corrected chi connectivity index (χ1v) is 8.12. The molecule has 0 bridgehead atoms. The summed E-state index contributed by atoms with van der Waals surface area (Å²) in [4.78, 5) is -0.206. The number of benzene rings is 3. The summed E-state index contributed by atoms with van der Waals surface area (Å²) in [6.45, 7) is 1.85. The van der Waals surface area contributed by atoms with E-state index in [-0.39, 0.29) is 4.90 Å². The van der Waals surface area contributed by atoms with Gasteiger partial charge in [-0.1, -0.05) is 46.5 Å². The zero-order valence-electron chi connectivity index (χ0n) is 11.9. The first-order valence-electron chi connectivity index (χ1n) is 6.71. The molecule has 22 heavy (non-hydrogen) atoms. The third kappa shape index (κ3) is 2.56. The van der Waals surface area contributed by atoms with Crippen molar-refractivity contribution in [3.05, 3.63) is 60.2 Å². The van der Waals surface area contributed by atoms with Crippen LogP contribution in [0.5, 0.6) is 0 Å². The highest BCUT2D eigenvalue weighted by Gasteiger charge is 2.19. The highest BCUT2D eigenvalue weighted by atomic mass is 32.2. The van der Waals surface area contributed by atoms with Gasteiger partial charge in [-0.05, 0) is 41.5 Å². The van der Waals surface area contributed by atoms with Gasteiger partial charge in [0.15, 0.2) is 0 Å². The van der Waals surface area contributed by atoms with Crippen LogP contribution >= 0.6 is 0 Å². The highest BCUT2D eigenvalue weighted by molar-refractivity contribution is 7.85. The number of hydrogen-bond donors (Lipinski definition) is 1. The second kappa shape index (κ2) is 5.12. The molecule has 0 aliphatic rings. The minimum Gasteiger partial charge on any atom is -0.399 e. The molecule has 0 atom stereocenters. The fraction of sp³-hybridized carbons (Fsp3) is 0.0588. The topological polar surface area (TPSA) is 80.1 Å². The van der Waals surface area contributed by atoms with E-state index in [2.05, 4.69) is 0 Å². The van der Waals surface area contributed by atoms with Crippen LogP contribution in [0.4, 0.5) is 5.69 Å². The Hall–Kier alpha value is -2.37. The van der Waals surface area contributed by atoms with Crippen molar-refractivity contribution in [2.75, 3.05) is 5.73 Å². The quantitative estimate of drug-likeness (QED) is 0.735. The van der Waals surface area contributed by atoms with Crippen LogP contribution in [0, 0.1) is 6.92 Å². The van der Waals surface area contributed by atoms with E-state index in [0.29, 0.717) is 16.8 Å². The lowest BCUT2D eigenvalue weighted by atomic mass is 9.97. The third-order valence-electron chi connectivity index (χ3n) is 3.60. The molecule has 5 heteroatoms. The van der Waals surface area contributed by atoms with Crippen LogP contribution in [0.3, 0.4) is 0 Å². The second-order valence-corrected chi connectivity index (χ2v) is 6.59. The van der Waals surface area contributed by atoms with Gasteiger partial charge in [-0.2, -0.15) is 8.42 Å². The number of hydrogen-bond acceptors (Lipinski definition) is 3. The molecule has 0 aliphatic carbocycles. The summed E-state index contributed by atoms with van der Waals surface area (Å²) in [6, 6.07) is 15.6. The minimum absolute atomic E-state index is 0.206. The summed E-state index contributed by atoms with van der Waals surface area (Å²) in [5.74, 6) is 0. The molecule has 0 aliphatic heterocycles. The number of fused-ring (bicyclic) bond motifs is 1. The Balaban J connectivity index is 2.40. The number of rotatable bonds is 2. The van der Waals surface area contributed by atoms with Crippen molar-refractivity contribution in [3.8, 4) is 11.1 Å². The summed E-state index contributed by atoms with van der Waals surface area (Å²) in [7, 11) is -4.55. The average Bonchev–Trinajstić information content (AvgIpc) is 2.45. The summed E-state index contributed by atoms with van der Waals surface area (Å²) in [6.07, 6.45) is 0. The molecule has 0 spiro atoms. The van der Waals surface area contributed by atoms with Gasteiger partial charge < -0.3 is 5.73 Å². The first kappa shape index (κ1) is 14.6. The van der Waals surface area contributed by atoms with Gasteiger partial charge in [0, 0.05) is 11.3 Å². The van der Waals surface area contributed by atoms with E-state index >= 15 is 0 Å². The predicted molar refractivity (Wildman–Crippen MR) is 86.4 cm³/mol. The van der Waals surface area contributed by atoms with Gasteiger partial charge in [0.05, 0.1) is 0 Å². The molecule has 4 nitrogen and oxygen atoms in total. The van der Waals surface area contributed by atoms with Crippen LogP contribution < -0.4 is 5.73 Å². The molecule has 0 saturated carbocycles. The standard InChI is InChI=1S/C17H14NO3S/c1-11-5-8-17(22(19,20)21)16(9-11)15-4-2-3-12-10-13(18)6-7-14(12)15/h2-10H,18H2,1H3. The molecule has 3 rings (SSSR count). The van der Waals surface area contributed by atoms with Gasteiger partial charge >= 0.3 is 10.1 Å². The molecular weight excluding hydrogens is 298 g/mol. The summed E-state index contributed by atoms with van der Waals surface area (Å²) in [5.41, 5.74) is 8.43. The number of aryl methyl sites for hydroxylation is 1. The van der Waals surface area contributed by atoms with Crippen molar-refractivity contribution < 1.29 is 13.0 Å². The Labute approximate surface area is 129 Å². The summed E-state index contributed by atoms with van der Waals surface area (Å²) in [5, 5.41) is 1.75. The maximum Gasteiger partial charge on any atom is 0.324 e. The smallest absolute Gasteiger partial charge is 0.324 e. The molecule has 3 aromatic carbocycles. The lowest BCUT2D eigenvalue weighted by molar-refractivity contribution is 0.414. The van der Waals surface area contributed by atoms with Crippen molar-refractivity contribution in [1.29, 1.82) is 0 Å². The summed E-state index contributed by atoms with van der Waals surface area (Å²) >= 11 is 0. The van der Waals surface area contributed by atoms with E-state index in [1.165, 1.54) is 6.07 Å². The van der Waals surface area contributed by atoms with Crippen LogP contribution in [-0.4, -0.2) is 8.42 Å². The highest BCUT2D eigenvalue weighted by Crippen LogP contribution is 2.34. The van der Waals surface area contributed by atoms with Crippen LogP contribution in [0.2, 0.25) is 0 Å². The van der Waals surface area contributed by atoms with Gasteiger partial charge in [-0.25, -0.2) is 0 Å². The van der Waals surface area contributed by atoms with Crippen molar-refractivity contribution in [2.24, 2.45) is 0 Å². The lowest BCUT2D eigenvalue weighted by Crippen LogP contribution is -2.00. The fourth-order valence-electron chi connectivity index (χ4n) is 2.61. The predicted octanol–water partition coefficient (Wildman–Crippen LogP) is 3.52. The van der Waals surface area contributed by atoms with E-state index in [1.54, 1.807) is 18.2 Å². The Bertz CT molecular complexity index is 978. The van der Waals surface area contributed by atoms with E-state index in [0.717, 1.165) is 16.3 Å². The molecule has 0 heterocycles. The van der Waals surface area contributed by atoms with Gasteiger partial charge in [0.1, 0.15) is 4.90 Å². The molecule has 0 saturated heterocycles. The molecule has 0 fully saturated rings. The number of nitrogens with two attached hydrogens (primary N) is 1. The molecule has 111 valence electrons. The Kier molecular flexibility index (Phi) is 3.39. The first-order chi connectivity index (χ1) is 10.4.